The van der Waals surface area contributed by atoms with E-state index in [1.54, 1.807) is 11.6 Å². The summed E-state index contributed by atoms with van der Waals surface area (Å²) in [5.74, 6) is 0.532. The number of nitrogens with two attached hydrogens (primary N) is 1. The first-order valence-electron chi connectivity index (χ1n) is 5.41. The van der Waals surface area contributed by atoms with Crippen LogP contribution in [0.5, 0.6) is 0 Å². The van der Waals surface area contributed by atoms with Gasteiger partial charge in [-0.1, -0.05) is 0 Å². The van der Waals surface area contributed by atoms with Crippen molar-refractivity contribution < 1.29 is 13.2 Å². The zero-order chi connectivity index (χ0) is 14.0. The van der Waals surface area contributed by atoms with Gasteiger partial charge in [-0.2, -0.15) is 13.2 Å². The molecule has 0 aliphatic carbocycles. The fourth-order valence-corrected chi connectivity index (χ4v) is 1.59. The second-order valence-corrected chi connectivity index (χ2v) is 4.01. The fourth-order valence-electron chi connectivity index (χ4n) is 1.59. The van der Waals surface area contributed by atoms with Gasteiger partial charge in [0.15, 0.2) is 5.82 Å². The van der Waals surface area contributed by atoms with Gasteiger partial charge >= 0.3 is 6.18 Å². The summed E-state index contributed by atoms with van der Waals surface area (Å²) in [4.78, 5) is 0. The van der Waals surface area contributed by atoms with Crippen molar-refractivity contribution in [2.45, 2.75) is 12.7 Å². The lowest BCUT2D eigenvalue weighted by atomic mass is 10.1. The van der Waals surface area contributed by atoms with Gasteiger partial charge < -0.3 is 15.6 Å². The predicted molar refractivity (Wildman–Crippen MR) is 64.2 cm³/mol. The molecule has 0 aliphatic rings. The van der Waals surface area contributed by atoms with Gasteiger partial charge in [0.2, 0.25) is 0 Å². The number of nitrogens with one attached hydrogen (secondary N) is 1. The Bertz CT molecular complexity index is 576. The van der Waals surface area contributed by atoms with E-state index in [9.17, 15) is 13.2 Å². The van der Waals surface area contributed by atoms with Crippen molar-refractivity contribution in [2.24, 2.45) is 7.05 Å². The van der Waals surface area contributed by atoms with Crippen molar-refractivity contribution in [1.82, 2.24) is 14.8 Å². The molecular formula is C11H12F3N5. The van der Waals surface area contributed by atoms with E-state index in [0.29, 0.717) is 5.82 Å². The second kappa shape index (κ2) is 4.79. The van der Waals surface area contributed by atoms with Crippen LogP contribution < -0.4 is 11.1 Å². The van der Waals surface area contributed by atoms with Crippen LogP contribution in [0.2, 0.25) is 0 Å². The Morgan fingerprint density at radius 2 is 2.11 bits per heavy atom. The number of anilines is 2. The molecule has 0 amide bonds. The normalized spacial score (nSPS) is 11.6. The van der Waals surface area contributed by atoms with E-state index in [0.717, 1.165) is 6.07 Å². The van der Waals surface area contributed by atoms with E-state index in [1.807, 2.05) is 0 Å². The lowest BCUT2D eigenvalue weighted by Gasteiger charge is -2.14. The molecule has 1 aromatic heterocycles. The Morgan fingerprint density at radius 1 is 1.37 bits per heavy atom. The Morgan fingerprint density at radius 3 is 2.68 bits per heavy atom. The lowest BCUT2D eigenvalue weighted by Crippen LogP contribution is -2.13. The number of benzene rings is 1. The topological polar surface area (TPSA) is 68.8 Å². The number of alkyl halides is 3. The van der Waals surface area contributed by atoms with Crippen LogP contribution in [0.4, 0.5) is 24.5 Å². The first-order chi connectivity index (χ1) is 8.88. The van der Waals surface area contributed by atoms with E-state index >= 15 is 0 Å². The van der Waals surface area contributed by atoms with E-state index in [1.165, 1.54) is 18.5 Å². The molecule has 1 aromatic carbocycles. The molecule has 0 saturated heterocycles. The van der Waals surface area contributed by atoms with Crippen molar-refractivity contribution in [1.29, 1.82) is 0 Å². The number of aryl methyl sites for hydroxylation is 1. The lowest BCUT2D eigenvalue weighted by molar-refractivity contribution is -0.136. The van der Waals surface area contributed by atoms with Gasteiger partial charge in [0.1, 0.15) is 6.33 Å². The molecule has 0 aliphatic heterocycles. The SMILES string of the molecule is Cn1cnnc1CNc1ccc(N)cc1C(F)(F)F. The van der Waals surface area contributed by atoms with E-state index in [-0.39, 0.29) is 17.9 Å². The molecule has 102 valence electrons. The Labute approximate surface area is 107 Å². The van der Waals surface area contributed by atoms with Gasteiger partial charge in [-0.15, -0.1) is 10.2 Å². The molecule has 2 aromatic rings. The molecular weight excluding hydrogens is 259 g/mol. The highest BCUT2D eigenvalue weighted by Crippen LogP contribution is 2.36. The molecule has 0 fully saturated rings. The van der Waals surface area contributed by atoms with E-state index in [2.05, 4.69) is 15.5 Å². The van der Waals surface area contributed by atoms with Crippen LogP contribution >= 0.6 is 0 Å². The highest BCUT2D eigenvalue weighted by atomic mass is 19.4. The van der Waals surface area contributed by atoms with Crippen LogP contribution in [0.1, 0.15) is 11.4 Å². The average Bonchev–Trinajstić information content (AvgIpc) is 2.72. The first-order valence-corrected chi connectivity index (χ1v) is 5.41. The van der Waals surface area contributed by atoms with Gasteiger partial charge in [-0.25, -0.2) is 0 Å². The molecule has 0 spiro atoms. The summed E-state index contributed by atoms with van der Waals surface area (Å²) >= 11 is 0. The molecule has 1 heterocycles. The van der Waals surface area contributed by atoms with Gasteiger partial charge in [0.25, 0.3) is 0 Å². The summed E-state index contributed by atoms with van der Waals surface area (Å²) in [5, 5.41) is 10.1. The standard InChI is InChI=1S/C11H12F3N5/c1-19-6-17-18-10(19)5-16-9-3-2-7(15)4-8(9)11(12,13)14/h2-4,6,16H,5,15H2,1H3. The van der Waals surface area contributed by atoms with Gasteiger partial charge in [-0.3, -0.25) is 0 Å². The number of nitrogen functional groups attached to an aromatic ring is 1. The smallest absolute Gasteiger partial charge is 0.399 e. The van der Waals surface area contributed by atoms with Gasteiger partial charge in [-0.05, 0) is 18.2 Å². The molecule has 2 rings (SSSR count). The van der Waals surface area contributed by atoms with Crippen LogP contribution in [0.3, 0.4) is 0 Å². The number of hydrogen-bond donors (Lipinski definition) is 2. The molecule has 5 nitrogen and oxygen atoms in total. The third-order valence-corrected chi connectivity index (χ3v) is 2.59. The minimum absolute atomic E-state index is 0.0373. The summed E-state index contributed by atoms with van der Waals surface area (Å²) in [6.07, 6.45) is -2.98. The van der Waals surface area contributed by atoms with Crippen LogP contribution in [-0.4, -0.2) is 14.8 Å². The van der Waals surface area contributed by atoms with Crippen LogP contribution in [0.15, 0.2) is 24.5 Å². The number of rotatable bonds is 3. The summed E-state index contributed by atoms with van der Waals surface area (Å²) in [5.41, 5.74) is 4.62. The van der Waals surface area contributed by atoms with Crippen molar-refractivity contribution in [3.8, 4) is 0 Å². The first kappa shape index (κ1) is 13.2. The average molecular weight is 271 g/mol. The molecule has 19 heavy (non-hydrogen) atoms. The maximum Gasteiger partial charge on any atom is 0.418 e. The number of nitrogens with zero attached hydrogens (tertiary/aromatic N) is 3. The fraction of sp³-hybridized carbons (Fsp3) is 0.273. The van der Waals surface area contributed by atoms with Gasteiger partial charge in [0, 0.05) is 18.4 Å². The minimum Gasteiger partial charge on any atom is -0.399 e. The molecule has 0 radical (unpaired) electrons. The number of aromatic nitrogens is 3. The molecule has 0 unspecified atom stereocenters. The summed E-state index contributed by atoms with van der Waals surface area (Å²) < 4.78 is 40.2. The third-order valence-electron chi connectivity index (χ3n) is 2.59. The van der Waals surface area contributed by atoms with Crippen LogP contribution in [-0.2, 0) is 19.8 Å². The second-order valence-electron chi connectivity index (χ2n) is 4.01. The van der Waals surface area contributed by atoms with E-state index in [4.69, 9.17) is 5.73 Å². The quantitative estimate of drug-likeness (QED) is 0.838. The zero-order valence-electron chi connectivity index (χ0n) is 10.1. The van der Waals surface area contributed by atoms with Crippen LogP contribution in [0, 0.1) is 0 Å². The largest absolute Gasteiger partial charge is 0.418 e. The predicted octanol–water partition coefficient (Wildman–Crippen LogP) is 2.03. The summed E-state index contributed by atoms with van der Waals surface area (Å²) in [7, 11) is 1.71. The molecule has 8 heteroatoms. The maximum absolute atomic E-state index is 12.8. The minimum atomic E-state index is -4.46. The monoisotopic (exact) mass is 271 g/mol. The Hall–Kier alpha value is -2.25. The van der Waals surface area contributed by atoms with Crippen molar-refractivity contribution in [3.63, 3.8) is 0 Å². The number of halogens is 3. The molecule has 0 saturated carbocycles. The summed E-state index contributed by atoms with van der Waals surface area (Å²) in [6, 6.07) is 3.61. The Kier molecular flexibility index (Phi) is 3.32. The van der Waals surface area contributed by atoms with Gasteiger partial charge in [0.05, 0.1) is 12.1 Å². The molecule has 3 N–H and O–H groups in total. The zero-order valence-corrected chi connectivity index (χ0v) is 10.1. The summed E-state index contributed by atoms with van der Waals surface area (Å²) in [6.45, 7) is 0.142. The Balaban J connectivity index is 2.23. The maximum atomic E-state index is 12.8. The van der Waals surface area contributed by atoms with Crippen molar-refractivity contribution in [3.05, 3.63) is 35.9 Å². The van der Waals surface area contributed by atoms with Crippen LogP contribution in [0.25, 0.3) is 0 Å². The van der Waals surface area contributed by atoms with Crippen molar-refractivity contribution in [2.75, 3.05) is 11.1 Å². The van der Waals surface area contributed by atoms with Crippen molar-refractivity contribution >= 4 is 11.4 Å². The molecule has 0 atom stereocenters. The van der Waals surface area contributed by atoms with E-state index < -0.39 is 11.7 Å². The number of hydrogen-bond acceptors (Lipinski definition) is 4. The highest BCUT2D eigenvalue weighted by molar-refractivity contribution is 5.59. The third kappa shape index (κ3) is 2.95. The molecule has 0 bridgehead atoms. The highest BCUT2D eigenvalue weighted by Gasteiger charge is 2.33.